The Bertz CT molecular complexity index is 810. The number of nitrogens with zero attached hydrogens (tertiary/aromatic N) is 1. The van der Waals surface area contributed by atoms with Gasteiger partial charge in [-0.05, 0) is 23.8 Å². The van der Waals surface area contributed by atoms with E-state index >= 15 is 0 Å². The Hall–Kier alpha value is -1.75. The fourth-order valence-corrected chi connectivity index (χ4v) is 3.30. The van der Waals surface area contributed by atoms with Crippen LogP contribution in [0.5, 0.6) is 0 Å². The predicted molar refractivity (Wildman–Crippen MR) is 84.6 cm³/mol. The van der Waals surface area contributed by atoms with Gasteiger partial charge in [0.2, 0.25) is 0 Å². The van der Waals surface area contributed by atoms with Crippen LogP contribution in [0.2, 0.25) is 0 Å². The van der Waals surface area contributed by atoms with Gasteiger partial charge >= 0.3 is 21.8 Å². The fourth-order valence-electron chi connectivity index (χ4n) is 2.68. The van der Waals surface area contributed by atoms with Gasteiger partial charge in [-0.3, -0.25) is 4.90 Å². The van der Waals surface area contributed by atoms with Crippen LogP contribution in [0.3, 0.4) is 0 Å². The molecule has 11 heteroatoms. The lowest BCUT2D eigenvalue weighted by molar-refractivity contribution is -0.137. The lowest BCUT2D eigenvalue weighted by Crippen LogP contribution is -2.41. The molecule has 4 nitrogen and oxygen atoms in total. The van der Waals surface area contributed by atoms with E-state index in [0.29, 0.717) is 5.56 Å². The van der Waals surface area contributed by atoms with Crippen molar-refractivity contribution < 1.29 is 38.9 Å². The Morgan fingerprint density at radius 3 is 2.07 bits per heavy atom. The SMILES string of the molecule is CC1(C)CN(Cc2ccc(C(F)(F)F)cc2)CC=C1OS(=O)(=O)C(F)(F)F. The van der Waals surface area contributed by atoms with Crippen molar-refractivity contribution in [2.75, 3.05) is 13.1 Å². The van der Waals surface area contributed by atoms with Gasteiger partial charge in [-0.2, -0.15) is 34.8 Å². The molecule has 152 valence electrons. The predicted octanol–water partition coefficient (Wildman–Crippen LogP) is 4.30. The van der Waals surface area contributed by atoms with Crippen LogP contribution >= 0.6 is 0 Å². The number of benzene rings is 1. The minimum atomic E-state index is -5.76. The molecule has 0 spiro atoms. The first-order valence-electron chi connectivity index (χ1n) is 7.72. The van der Waals surface area contributed by atoms with Gasteiger partial charge in [0.15, 0.2) is 0 Å². The molecule has 0 saturated carbocycles. The van der Waals surface area contributed by atoms with Crippen LogP contribution in [0.4, 0.5) is 26.3 Å². The van der Waals surface area contributed by atoms with Gasteiger partial charge in [-0.1, -0.05) is 26.0 Å². The highest BCUT2D eigenvalue weighted by Crippen LogP contribution is 2.37. The molecular weight excluding hydrogens is 400 g/mol. The zero-order valence-corrected chi connectivity index (χ0v) is 15.2. The molecule has 0 aliphatic carbocycles. The van der Waals surface area contributed by atoms with E-state index < -0.39 is 32.8 Å². The van der Waals surface area contributed by atoms with Crippen LogP contribution in [0.15, 0.2) is 36.1 Å². The first-order valence-corrected chi connectivity index (χ1v) is 9.12. The minimum Gasteiger partial charge on any atom is -0.380 e. The zero-order chi connectivity index (χ0) is 20.7. The van der Waals surface area contributed by atoms with Gasteiger partial charge in [0.25, 0.3) is 0 Å². The molecule has 1 aliphatic heterocycles. The normalized spacial score (nSPS) is 18.9. The van der Waals surface area contributed by atoms with E-state index in [-0.39, 0.29) is 25.4 Å². The molecule has 1 aromatic rings. The van der Waals surface area contributed by atoms with Crippen LogP contribution in [-0.4, -0.2) is 31.9 Å². The van der Waals surface area contributed by atoms with E-state index in [1.54, 1.807) is 4.90 Å². The van der Waals surface area contributed by atoms with Crippen LogP contribution in [0.1, 0.15) is 25.0 Å². The van der Waals surface area contributed by atoms with Crippen LogP contribution < -0.4 is 0 Å². The topological polar surface area (TPSA) is 46.6 Å². The Labute approximate surface area is 152 Å². The Balaban J connectivity index is 2.11. The van der Waals surface area contributed by atoms with Crippen molar-refractivity contribution in [3.05, 3.63) is 47.2 Å². The number of alkyl halides is 6. The molecule has 0 radical (unpaired) electrons. The van der Waals surface area contributed by atoms with Crippen LogP contribution in [0.25, 0.3) is 0 Å². The minimum absolute atomic E-state index is 0.0904. The van der Waals surface area contributed by atoms with Crippen molar-refractivity contribution in [2.24, 2.45) is 5.41 Å². The second-order valence-corrected chi connectivity index (χ2v) is 8.34. The second-order valence-electron chi connectivity index (χ2n) is 6.80. The molecule has 1 aromatic carbocycles. The first kappa shape index (κ1) is 21.5. The van der Waals surface area contributed by atoms with Crippen molar-refractivity contribution in [3.63, 3.8) is 0 Å². The Morgan fingerprint density at radius 2 is 1.63 bits per heavy atom. The third-order valence-electron chi connectivity index (χ3n) is 3.99. The molecule has 0 amide bonds. The summed E-state index contributed by atoms with van der Waals surface area (Å²) >= 11 is 0. The van der Waals surface area contributed by atoms with Gasteiger partial charge in [-0.25, -0.2) is 0 Å². The maximum absolute atomic E-state index is 12.6. The van der Waals surface area contributed by atoms with Crippen molar-refractivity contribution >= 4 is 10.1 Å². The van der Waals surface area contributed by atoms with Crippen LogP contribution in [0, 0.1) is 5.41 Å². The van der Waals surface area contributed by atoms with E-state index in [1.165, 1.54) is 32.1 Å². The highest BCUT2D eigenvalue weighted by Gasteiger charge is 2.50. The summed E-state index contributed by atoms with van der Waals surface area (Å²) in [6.07, 6.45) is -3.21. The van der Waals surface area contributed by atoms with Gasteiger partial charge < -0.3 is 4.18 Å². The Morgan fingerprint density at radius 1 is 1.07 bits per heavy atom. The highest BCUT2D eigenvalue weighted by molar-refractivity contribution is 7.87. The third kappa shape index (κ3) is 5.16. The quantitative estimate of drug-likeness (QED) is 0.417. The molecule has 1 heterocycles. The molecule has 0 bridgehead atoms. The van der Waals surface area contributed by atoms with Gasteiger partial charge in [0.05, 0.1) is 5.56 Å². The fraction of sp³-hybridized carbons (Fsp3) is 0.500. The van der Waals surface area contributed by atoms with E-state index in [2.05, 4.69) is 4.18 Å². The maximum Gasteiger partial charge on any atom is 0.534 e. The summed E-state index contributed by atoms with van der Waals surface area (Å²) in [7, 11) is -5.76. The molecule has 0 N–H and O–H groups in total. The summed E-state index contributed by atoms with van der Waals surface area (Å²) in [6.45, 7) is 3.53. The smallest absolute Gasteiger partial charge is 0.380 e. The molecule has 0 unspecified atom stereocenters. The summed E-state index contributed by atoms with van der Waals surface area (Å²) in [4.78, 5) is 1.76. The number of halogens is 6. The molecule has 1 aliphatic rings. The van der Waals surface area contributed by atoms with Crippen molar-refractivity contribution in [1.29, 1.82) is 0 Å². The van der Waals surface area contributed by atoms with Crippen molar-refractivity contribution in [3.8, 4) is 0 Å². The average Bonchev–Trinajstić information content (AvgIpc) is 2.48. The lowest BCUT2D eigenvalue weighted by Gasteiger charge is -2.37. The summed E-state index contributed by atoms with van der Waals surface area (Å²) in [6, 6.07) is 4.54. The second kappa shape index (κ2) is 7.01. The Kier molecular flexibility index (Phi) is 5.59. The van der Waals surface area contributed by atoms with E-state index in [4.69, 9.17) is 0 Å². The lowest BCUT2D eigenvalue weighted by atomic mass is 9.87. The first-order chi connectivity index (χ1) is 12.1. The van der Waals surface area contributed by atoms with E-state index in [0.717, 1.165) is 12.1 Å². The monoisotopic (exact) mass is 417 g/mol. The van der Waals surface area contributed by atoms with Crippen molar-refractivity contribution in [2.45, 2.75) is 32.1 Å². The number of rotatable bonds is 4. The molecule has 0 saturated heterocycles. The average molecular weight is 417 g/mol. The molecule has 0 aromatic heterocycles. The molecule has 0 fully saturated rings. The standard InChI is InChI=1S/C16H17F6NO3S/c1-14(2)10-23(8-7-13(14)26-27(24,25)16(20,21)22)9-11-3-5-12(6-4-11)15(17,18)19/h3-7H,8-10H2,1-2H3. The zero-order valence-electron chi connectivity index (χ0n) is 14.4. The molecule has 2 rings (SSSR count). The summed E-state index contributed by atoms with van der Waals surface area (Å²) in [5.74, 6) is -0.316. The van der Waals surface area contributed by atoms with E-state index in [1.807, 2.05) is 0 Å². The van der Waals surface area contributed by atoms with Gasteiger partial charge in [0, 0.05) is 25.0 Å². The third-order valence-corrected chi connectivity index (χ3v) is 4.96. The largest absolute Gasteiger partial charge is 0.534 e. The van der Waals surface area contributed by atoms with E-state index in [9.17, 15) is 34.8 Å². The summed E-state index contributed by atoms with van der Waals surface area (Å²) < 4.78 is 102. The number of hydrogen-bond acceptors (Lipinski definition) is 4. The molecule has 27 heavy (non-hydrogen) atoms. The maximum atomic E-state index is 12.6. The van der Waals surface area contributed by atoms with Gasteiger partial charge in [0.1, 0.15) is 5.76 Å². The molecular formula is C16H17F6NO3S. The summed E-state index contributed by atoms with van der Waals surface area (Å²) in [5.41, 5.74) is -6.76. The van der Waals surface area contributed by atoms with Crippen molar-refractivity contribution in [1.82, 2.24) is 4.90 Å². The molecule has 0 atom stereocenters. The van der Waals surface area contributed by atoms with Gasteiger partial charge in [-0.15, -0.1) is 0 Å². The number of hydrogen-bond donors (Lipinski definition) is 0. The van der Waals surface area contributed by atoms with Crippen LogP contribution in [-0.2, 0) is 27.0 Å². The highest BCUT2D eigenvalue weighted by atomic mass is 32.2. The summed E-state index contributed by atoms with van der Waals surface area (Å²) in [5, 5.41) is 0.